The minimum absolute atomic E-state index is 0.199. The first-order valence-corrected chi connectivity index (χ1v) is 8.72. The van der Waals surface area contributed by atoms with Crippen molar-refractivity contribution in [1.82, 2.24) is 4.98 Å². The number of nitrogens with zero attached hydrogens (tertiary/aromatic N) is 2. The molecule has 3 rings (SSSR count). The summed E-state index contributed by atoms with van der Waals surface area (Å²) in [5.74, 6) is -0.199. The van der Waals surface area contributed by atoms with Crippen molar-refractivity contribution in [2.24, 2.45) is 0 Å². The van der Waals surface area contributed by atoms with Crippen molar-refractivity contribution in [2.75, 3.05) is 10.6 Å². The third-order valence-electron chi connectivity index (χ3n) is 4.28. The molecule has 0 bridgehead atoms. The SMILES string of the molecule is CCc1cccc(C)c1NC(=O)c1cncc(Nc2ccc(C#N)cc2)c1. The van der Waals surface area contributed by atoms with E-state index in [1.165, 1.54) is 0 Å². The Balaban J connectivity index is 1.79. The van der Waals surface area contributed by atoms with Crippen LogP contribution < -0.4 is 10.6 Å². The highest BCUT2D eigenvalue weighted by atomic mass is 16.1. The number of benzene rings is 2. The lowest BCUT2D eigenvalue weighted by Gasteiger charge is -2.13. The van der Waals surface area contributed by atoms with Crippen LogP contribution in [0.4, 0.5) is 17.1 Å². The van der Waals surface area contributed by atoms with E-state index in [0.29, 0.717) is 16.8 Å². The van der Waals surface area contributed by atoms with Crippen LogP contribution in [0.3, 0.4) is 0 Å². The van der Waals surface area contributed by atoms with Crippen molar-refractivity contribution < 1.29 is 4.79 Å². The molecule has 1 aromatic heterocycles. The summed E-state index contributed by atoms with van der Waals surface area (Å²) in [5.41, 5.74) is 5.57. The molecule has 0 aliphatic rings. The molecule has 2 aromatic carbocycles. The van der Waals surface area contributed by atoms with Gasteiger partial charge in [0.2, 0.25) is 0 Å². The Morgan fingerprint density at radius 2 is 1.89 bits per heavy atom. The lowest BCUT2D eigenvalue weighted by atomic mass is 10.1. The van der Waals surface area contributed by atoms with Gasteiger partial charge < -0.3 is 10.6 Å². The smallest absolute Gasteiger partial charge is 0.257 e. The van der Waals surface area contributed by atoms with Crippen molar-refractivity contribution in [3.05, 3.63) is 83.2 Å². The van der Waals surface area contributed by atoms with Crippen LogP contribution in [0.25, 0.3) is 0 Å². The number of para-hydroxylation sites is 1. The first kappa shape index (κ1) is 18.2. The predicted octanol–water partition coefficient (Wildman–Crippen LogP) is 4.82. The molecular formula is C22H20N4O. The van der Waals surface area contributed by atoms with E-state index in [2.05, 4.69) is 28.6 Å². The zero-order valence-electron chi connectivity index (χ0n) is 15.3. The standard InChI is InChI=1S/C22H20N4O/c1-3-17-6-4-5-15(2)21(17)26-22(27)18-11-20(14-24-13-18)25-19-9-7-16(12-23)8-10-19/h4-11,13-14,25H,3H2,1-2H3,(H,26,27). The number of rotatable bonds is 5. The molecule has 5 heteroatoms. The van der Waals surface area contributed by atoms with Gasteiger partial charge in [0.25, 0.3) is 5.91 Å². The molecule has 2 N–H and O–H groups in total. The van der Waals surface area contributed by atoms with E-state index >= 15 is 0 Å². The normalized spacial score (nSPS) is 10.1. The minimum Gasteiger partial charge on any atom is -0.354 e. The van der Waals surface area contributed by atoms with Gasteiger partial charge >= 0.3 is 0 Å². The van der Waals surface area contributed by atoms with Gasteiger partial charge in [0.05, 0.1) is 29.1 Å². The lowest BCUT2D eigenvalue weighted by molar-refractivity contribution is 0.102. The van der Waals surface area contributed by atoms with Gasteiger partial charge in [0.1, 0.15) is 0 Å². The number of hydrogen-bond acceptors (Lipinski definition) is 4. The van der Waals surface area contributed by atoms with Crippen molar-refractivity contribution in [3.63, 3.8) is 0 Å². The third kappa shape index (κ3) is 4.31. The van der Waals surface area contributed by atoms with E-state index in [1.54, 1.807) is 30.6 Å². The molecule has 5 nitrogen and oxygen atoms in total. The highest BCUT2D eigenvalue weighted by Gasteiger charge is 2.11. The molecule has 0 aliphatic carbocycles. The molecule has 0 spiro atoms. The molecule has 0 atom stereocenters. The molecule has 0 saturated carbocycles. The van der Waals surface area contributed by atoms with E-state index in [1.807, 2.05) is 37.3 Å². The maximum Gasteiger partial charge on any atom is 0.257 e. The van der Waals surface area contributed by atoms with E-state index in [9.17, 15) is 4.79 Å². The molecule has 134 valence electrons. The van der Waals surface area contributed by atoms with Crippen LogP contribution in [0, 0.1) is 18.3 Å². The van der Waals surface area contributed by atoms with E-state index in [-0.39, 0.29) is 5.91 Å². The summed E-state index contributed by atoms with van der Waals surface area (Å²) in [7, 11) is 0. The van der Waals surface area contributed by atoms with Crippen LogP contribution in [-0.2, 0) is 6.42 Å². The van der Waals surface area contributed by atoms with Gasteiger partial charge in [-0.05, 0) is 54.8 Å². The van der Waals surface area contributed by atoms with Crippen LogP contribution in [0.5, 0.6) is 0 Å². The van der Waals surface area contributed by atoms with Crippen molar-refractivity contribution in [3.8, 4) is 6.07 Å². The monoisotopic (exact) mass is 356 g/mol. The second-order valence-corrected chi connectivity index (χ2v) is 6.19. The van der Waals surface area contributed by atoms with Gasteiger partial charge in [0, 0.05) is 17.6 Å². The van der Waals surface area contributed by atoms with Gasteiger partial charge in [-0.15, -0.1) is 0 Å². The Morgan fingerprint density at radius 1 is 1.11 bits per heavy atom. The second-order valence-electron chi connectivity index (χ2n) is 6.19. The highest BCUT2D eigenvalue weighted by Crippen LogP contribution is 2.23. The number of aryl methyl sites for hydroxylation is 2. The average molecular weight is 356 g/mol. The van der Waals surface area contributed by atoms with E-state index < -0.39 is 0 Å². The molecule has 1 heterocycles. The molecule has 0 fully saturated rings. The number of amides is 1. The fraction of sp³-hybridized carbons (Fsp3) is 0.136. The molecule has 0 unspecified atom stereocenters. The fourth-order valence-corrected chi connectivity index (χ4v) is 2.81. The summed E-state index contributed by atoms with van der Waals surface area (Å²) >= 11 is 0. The molecule has 0 saturated heterocycles. The fourth-order valence-electron chi connectivity index (χ4n) is 2.81. The zero-order chi connectivity index (χ0) is 19.2. The highest BCUT2D eigenvalue weighted by molar-refractivity contribution is 6.05. The Kier molecular flexibility index (Phi) is 5.48. The first-order valence-electron chi connectivity index (χ1n) is 8.72. The number of pyridine rings is 1. The van der Waals surface area contributed by atoms with Gasteiger partial charge in [0.15, 0.2) is 0 Å². The summed E-state index contributed by atoms with van der Waals surface area (Å²) in [6, 6.07) is 16.9. The topological polar surface area (TPSA) is 77.8 Å². The zero-order valence-corrected chi connectivity index (χ0v) is 15.3. The largest absolute Gasteiger partial charge is 0.354 e. The van der Waals surface area contributed by atoms with Gasteiger partial charge in [-0.1, -0.05) is 25.1 Å². The van der Waals surface area contributed by atoms with Gasteiger partial charge in [-0.2, -0.15) is 5.26 Å². The van der Waals surface area contributed by atoms with E-state index in [0.717, 1.165) is 28.9 Å². The summed E-state index contributed by atoms with van der Waals surface area (Å²) in [6.07, 6.45) is 4.04. The predicted molar refractivity (Wildman–Crippen MR) is 107 cm³/mol. The number of anilines is 3. The van der Waals surface area contributed by atoms with Crippen molar-refractivity contribution in [1.29, 1.82) is 5.26 Å². The van der Waals surface area contributed by atoms with Crippen LogP contribution >= 0.6 is 0 Å². The number of carbonyl (C=O) groups excluding carboxylic acids is 1. The molecule has 3 aromatic rings. The minimum atomic E-state index is -0.199. The lowest BCUT2D eigenvalue weighted by Crippen LogP contribution is -2.14. The van der Waals surface area contributed by atoms with Crippen LogP contribution in [0.2, 0.25) is 0 Å². The molecule has 0 radical (unpaired) electrons. The number of nitrogens with one attached hydrogen (secondary N) is 2. The first-order chi connectivity index (χ1) is 13.1. The average Bonchev–Trinajstić information content (AvgIpc) is 2.70. The summed E-state index contributed by atoms with van der Waals surface area (Å²) < 4.78 is 0. The van der Waals surface area contributed by atoms with Crippen molar-refractivity contribution >= 4 is 23.0 Å². The number of nitriles is 1. The molecule has 0 aliphatic heterocycles. The second kappa shape index (κ2) is 8.15. The Labute approximate surface area is 158 Å². The van der Waals surface area contributed by atoms with E-state index in [4.69, 9.17) is 5.26 Å². The summed E-state index contributed by atoms with van der Waals surface area (Å²) in [6.45, 7) is 4.05. The molecular weight excluding hydrogens is 336 g/mol. The maximum atomic E-state index is 12.7. The van der Waals surface area contributed by atoms with Gasteiger partial charge in [-0.25, -0.2) is 0 Å². The van der Waals surface area contributed by atoms with Crippen molar-refractivity contribution in [2.45, 2.75) is 20.3 Å². The van der Waals surface area contributed by atoms with Crippen LogP contribution in [0.1, 0.15) is 34.0 Å². The third-order valence-corrected chi connectivity index (χ3v) is 4.28. The Morgan fingerprint density at radius 3 is 2.59 bits per heavy atom. The molecule has 1 amide bonds. The van der Waals surface area contributed by atoms with Crippen LogP contribution in [0.15, 0.2) is 60.9 Å². The maximum absolute atomic E-state index is 12.7. The Hall–Kier alpha value is -3.65. The van der Waals surface area contributed by atoms with Gasteiger partial charge in [-0.3, -0.25) is 9.78 Å². The quantitative estimate of drug-likeness (QED) is 0.687. The number of hydrogen-bond donors (Lipinski definition) is 2. The van der Waals surface area contributed by atoms with Crippen LogP contribution in [-0.4, -0.2) is 10.9 Å². The number of aromatic nitrogens is 1. The Bertz CT molecular complexity index is 1000. The number of carbonyl (C=O) groups is 1. The molecule has 27 heavy (non-hydrogen) atoms. The summed E-state index contributed by atoms with van der Waals surface area (Å²) in [4.78, 5) is 16.9. The summed E-state index contributed by atoms with van der Waals surface area (Å²) in [5, 5.41) is 15.1.